The summed E-state index contributed by atoms with van der Waals surface area (Å²) in [5.41, 5.74) is 0.926. The predicted molar refractivity (Wildman–Crippen MR) is 120 cm³/mol. The van der Waals surface area contributed by atoms with Crippen LogP contribution in [-0.2, 0) is 14.8 Å². The fourth-order valence-electron chi connectivity index (χ4n) is 3.81. The first kappa shape index (κ1) is 23.6. The third-order valence-corrected chi connectivity index (χ3v) is 7.71. The van der Waals surface area contributed by atoms with E-state index in [0.717, 1.165) is 0 Å². The van der Waals surface area contributed by atoms with Crippen molar-refractivity contribution in [2.75, 3.05) is 18.4 Å². The fraction of sp³-hybridized carbons (Fsp3) is 0.318. The maximum Gasteiger partial charge on any atom is 0.243 e. The van der Waals surface area contributed by atoms with Crippen LogP contribution in [0.1, 0.15) is 35.9 Å². The number of ketones is 1. The molecule has 4 rings (SSSR count). The molecule has 0 aliphatic carbocycles. The first-order chi connectivity index (χ1) is 16.2. The maximum absolute atomic E-state index is 14.3. The molecule has 12 heteroatoms. The number of aryl methyl sites for hydroxylation is 1. The zero-order chi connectivity index (χ0) is 24.5. The van der Waals surface area contributed by atoms with Crippen LogP contribution >= 0.6 is 0 Å². The van der Waals surface area contributed by atoms with Gasteiger partial charge in [0.05, 0.1) is 16.3 Å². The number of halogens is 1. The van der Waals surface area contributed by atoms with Crippen LogP contribution in [0.2, 0.25) is 0 Å². The molecule has 0 atom stereocenters. The van der Waals surface area contributed by atoms with Gasteiger partial charge in [-0.15, -0.1) is 5.10 Å². The molecular formula is C22H23FN6O4S. The minimum atomic E-state index is -3.75. The number of carbonyl (C=O) groups is 2. The lowest BCUT2D eigenvalue weighted by Crippen LogP contribution is -2.41. The largest absolute Gasteiger partial charge is 0.323 e. The summed E-state index contributed by atoms with van der Waals surface area (Å²) in [6.07, 6.45) is 0.591. The summed E-state index contributed by atoms with van der Waals surface area (Å²) in [6, 6.07) is 9.95. The van der Waals surface area contributed by atoms with Gasteiger partial charge >= 0.3 is 0 Å². The minimum Gasteiger partial charge on any atom is -0.323 e. The van der Waals surface area contributed by atoms with Crippen molar-refractivity contribution in [3.05, 3.63) is 59.7 Å². The van der Waals surface area contributed by atoms with Gasteiger partial charge in [-0.1, -0.05) is 12.1 Å². The van der Waals surface area contributed by atoms with Gasteiger partial charge in [-0.05, 0) is 67.4 Å². The highest BCUT2D eigenvalue weighted by atomic mass is 32.2. The van der Waals surface area contributed by atoms with E-state index < -0.39 is 21.8 Å². The molecule has 34 heavy (non-hydrogen) atoms. The van der Waals surface area contributed by atoms with E-state index in [9.17, 15) is 22.4 Å². The van der Waals surface area contributed by atoms with Crippen LogP contribution in [0, 0.1) is 18.7 Å². The van der Waals surface area contributed by atoms with E-state index in [2.05, 4.69) is 20.8 Å². The second kappa shape index (κ2) is 9.39. The van der Waals surface area contributed by atoms with Crippen molar-refractivity contribution in [2.45, 2.75) is 31.6 Å². The van der Waals surface area contributed by atoms with E-state index in [1.165, 1.54) is 58.4 Å². The number of nitrogens with one attached hydrogen (secondary N) is 1. The minimum absolute atomic E-state index is 0.00184. The van der Waals surface area contributed by atoms with Crippen molar-refractivity contribution in [3.8, 4) is 5.69 Å². The van der Waals surface area contributed by atoms with Crippen molar-refractivity contribution >= 4 is 27.4 Å². The molecule has 1 amide bonds. The molecule has 2 aromatic carbocycles. The van der Waals surface area contributed by atoms with Gasteiger partial charge in [0.15, 0.2) is 11.6 Å². The van der Waals surface area contributed by atoms with Crippen molar-refractivity contribution in [3.63, 3.8) is 0 Å². The zero-order valence-electron chi connectivity index (χ0n) is 18.6. The number of piperidine rings is 1. The van der Waals surface area contributed by atoms with Crippen LogP contribution in [0.15, 0.2) is 47.4 Å². The molecule has 10 nitrogen and oxygen atoms in total. The van der Waals surface area contributed by atoms with Crippen LogP contribution in [-0.4, -0.2) is 57.7 Å². The number of benzene rings is 2. The molecule has 1 fully saturated rings. The monoisotopic (exact) mass is 486 g/mol. The van der Waals surface area contributed by atoms with Crippen LogP contribution in [0.25, 0.3) is 5.69 Å². The molecule has 0 saturated carbocycles. The van der Waals surface area contributed by atoms with Gasteiger partial charge < -0.3 is 5.32 Å². The first-order valence-electron chi connectivity index (χ1n) is 10.6. The Hall–Kier alpha value is -3.51. The normalized spacial score (nSPS) is 15.3. The van der Waals surface area contributed by atoms with E-state index in [0.29, 0.717) is 29.9 Å². The number of hydrogen-bond donors (Lipinski definition) is 1. The van der Waals surface area contributed by atoms with E-state index in [1.807, 2.05) is 0 Å². The third-order valence-electron chi connectivity index (χ3n) is 5.80. The Labute approximate surface area is 195 Å². The smallest absolute Gasteiger partial charge is 0.243 e. The number of tetrazole rings is 1. The van der Waals surface area contributed by atoms with E-state index in [1.54, 1.807) is 6.92 Å². The van der Waals surface area contributed by atoms with Gasteiger partial charge in [0.2, 0.25) is 15.9 Å². The lowest BCUT2D eigenvalue weighted by molar-refractivity contribution is -0.120. The number of aromatic nitrogens is 4. The highest BCUT2D eigenvalue weighted by Gasteiger charge is 2.32. The van der Waals surface area contributed by atoms with E-state index in [4.69, 9.17) is 0 Å². The number of nitrogens with zero attached hydrogens (tertiary/aromatic N) is 5. The lowest BCUT2D eigenvalue weighted by Gasteiger charge is -2.30. The Balaban J connectivity index is 1.41. The van der Waals surface area contributed by atoms with Crippen molar-refractivity contribution in [1.82, 2.24) is 24.5 Å². The molecule has 178 valence electrons. The summed E-state index contributed by atoms with van der Waals surface area (Å²) in [5, 5.41) is 13.8. The number of hydrogen-bond acceptors (Lipinski definition) is 7. The molecule has 1 aliphatic rings. The number of amides is 1. The number of anilines is 1. The van der Waals surface area contributed by atoms with Crippen LogP contribution < -0.4 is 5.32 Å². The average Bonchev–Trinajstić information content (AvgIpc) is 3.26. The summed E-state index contributed by atoms with van der Waals surface area (Å²) in [7, 11) is -3.75. The summed E-state index contributed by atoms with van der Waals surface area (Å²) < 4.78 is 42.9. The number of sulfonamides is 1. The van der Waals surface area contributed by atoms with Crippen LogP contribution in [0.5, 0.6) is 0 Å². The van der Waals surface area contributed by atoms with Crippen molar-refractivity contribution in [1.29, 1.82) is 0 Å². The zero-order valence-corrected chi connectivity index (χ0v) is 19.4. The lowest BCUT2D eigenvalue weighted by atomic mass is 9.97. The van der Waals surface area contributed by atoms with Gasteiger partial charge in [-0.3, -0.25) is 9.59 Å². The molecule has 1 aliphatic heterocycles. The highest BCUT2D eigenvalue weighted by Crippen LogP contribution is 2.26. The first-order valence-corrected chi connectivity index (χ1v) is 12.1. The molecule has 1 aromatic heterocycles. The van der Waals surface area contributed by atoms with Gasteiger partial charge in [0, 0.05) is 24.6 Å². The van der Waals surface area contributed by atoms with Crippen molar-refractivity contribution < 1.29 is 22.4 Å². The average molecular weight is 487 g/mol. The molecule has 1 saturated heterocycles. The highest BCUT2D eigenvalue weighted by molar-refractivity contribution is 7.89. The molecule has 1 N–H and O–H groups in total. The summed E-state index contributed by atoms with van der Waals surface area (Å²) in [4.78, 5) is 24.3. The number of Topliss-reactive ketones (excluding diaryl/α,β-unsaturated/α-hetero) is 1. The molecule has 0 spiro atoms. The number of rotatable bonds is 6. The third kappa shape index (κ3) is 4.73. The fourth-order valence-corrected chi connectivity index (χ4v) is 5.28. The van der Waals surface area contributed by atoms with Crippen LogP contribution in [0.4, 0.5) is 10.1 Å². The molecule has 0 unspecified atom stereocenters. The second-order valence-electron chi connectivity index (χ2n) is 8.05. The molecular weight excluding hydrogens is 463 g/mol. The topological polar surface area (TPSA) is 127 Å². The van der Waals surface area contributed by atoms with Crippen LogP contribution in [0.3, 0.4) is 0 Å². The quantitative estimate of drug-likeness (QED) is 0.530. The Morgan fingerprint density at radius 1 is 1.09 bits per heavy atom. The summed E-state index contributed by atoms with van der Waals surface area (Å²) in [5.74, 6) is -1.09. The predicted octanol–water partition coefficient (Wildman–Crippen LogP) is 2.35. The standard InChI is InChI=1S/C22H23FN6O4S/c1-14(30)16-3-6-19(7-4-16)34(32,33)28-11-9-17(10-12-28)22(31)24-21-13-18(5-8-20(21)23)29-15(2)25-26-27-29/h3-8,13,17H,9-12H2,1-2H3,(H,24,31). The molecule has 3 aromatic rings. The second-order valence-corrected chi connectivity index (χ2v) is 9.99. The van der Waals surface area contributed by atoms with E-state index >= 15 is 0 Å². The van der Waals surface area contributed by atoms with Gasteiger partial charge in [0.1, 0.15) is 5.82 Å². The number of carbonyl (C=O) groups excluding carboxylic acids is 2. The van der Waals surface area contributed by atoms with Gasteiger partial charge in [-0.25, -0.2) is 12.8 Å². The summed E-state index contributed by atoms with van der Waals surface area (Å²) >= 11 is 0. The van der Waals surface area contributed by atoms with Gasteiger partial charge in [0.25, 0.3) is 0 Å². The van der Waals surface area contributed by atoms with E-state index in [-0.39, 0.29) is 35.4 Å². The van der Waals surface area contributed by atoms with Gasteiger partial charge in [-0.2, -0.15) is 8.99 Å². The molecule has 0 bridgehead atoms. The molecule has 2 heterocycles. The summed E-state index contributed by atoms with van der Waals surface area (Å²) in [6.45, 7) is 3.41. The Morgan fingerprint density at radius 3 is 2.35 bits per heavy atom. The maximum atomic E-state index is 14.3. The Morgan fingerprint density at radius 2 is 1.76 bits per heavy atom. The molecule has 0 radical (unpaired) electrons. The van der Waals surface area contributed by atoms with Crippen molar-refractivity contribution in [2.24, 2.45) is 5.92 Å². The SMILES string of the molecule is CC(=O)c1ccc(S(=O)(=O)N2CCC(C(=O)Nc3cc(-n4nnnc4C)ccc3F)CC2)cc1. The Bertz CT molecular complexity index is 1330. The Kier molecular flexibility index (Phi) is 6.53.